The molecule has 0 aromatic rings. The Bertz CT molecular complexity index is 238. The summed E-state index contributed by atoms with van der Waals surface area (Å²) in [5.74, 6) is 5.49. The van der Waals surface area contributed by atoms with Gasteiger partial charge in [0.2, 0.25) is 0 Å². The van der Waals surface area contributed by atoms with Crippen LogP contribution in [0.25, 0.3) is 0 Å². The van der Waals surface area contributed by atoms with E-state index >= 15 is 0 Å². The lowest BCUT2D eigenvalue weighted by atomic mass is 9.54. The van der Waals surface area contributed by atoms with Gasteiger partial charge in [-0.15, -0.1) is 6.42 Å². The molecule has 14 heavy (non-hydrogen) atoms. The fourth-order valence-corrected chi connectivity index (χ4v) is 4.40. The van der Waals surface area contributed by atoms with E-state index in [4.69, 9.17) is 11.2 Å². The van der Waals surface area contributed by atoms with E-state index in [1.165, 1.54) is 38.5 Å². The van der Waals surface area contributed by atoms with Crippen molar-refractivity contribution in [2.75, 3.05) is 6.61 Å². The highest BCUT2D eigenvalue weighted by Gasteiger charge is 2.51. The summed E-state index contributed by atoms with van der Waals surface area (Å²) in [7, 11) is 0. The Morgan fingerprint density at radius 3 is 2.00 bits per heavy atom. The maximum atomic E-state index is 5.96. The average Bonchev–Trinajstić information content (AvgIpc) is 2.12. The van der Waals surface area contributed by atoms with Gasteiger partial charge in [-0.05, 0) is 56.3 Å². The first kappa shape index (κ1) is 8.80. The third-order valence-electron chi connectivity index (χ3n) is 4.44. The van der Waals surface area contributed by atoms with Crippen LogP contribution in [-0.2, 0) is 4.74 Å². The molecule has 4 aliphatic carbocycles. The van der Waals surface area contributed by atoms with Crippen LogP contribution in [0.15, 0.2) is 0 Å². The van der Waals surface area contributed by atoms with Crippen molar-refractivity contribution in [3.63, 3.8) is 0 Å². The predicted molar refractivity (Wildman–Crippen MR) is 55.7 cm³/mol. The van der Waals surface area contributed by atoms with E-state index in [0.29, 0.717) is 6.61 Å². The molecule has 4 bridgehead atoms. The Morgan fingerprint density at radius 1 is 1.07 bits per heavy atom. The van der Waals surface area contributed by atoms with E-state index < -0.39 is 0 Å². The molecule has 76 valence electrons. The molecule has 0 heterocycles. The summed E-state index contributed by atoms with van der Waals surface area (Å²) in [4.78, 5) is 0. The fourth-order valence-electron chi connectivity index (χ4n) is 4.40. The first-order chi connectivity index (χ1) is 6.80. The normalized spacial score (nSPS) is 49.2. The van der Waals surface area contributed by atoms with Crippen LogP contribution in [0.3, 0.4) is 0 Å². The minimum atomic E-state index is 0.209. The Kier molecular flexibility index (Phi) is 1.89. The molecular weight excluding hydrogens is 172 g/mol. The minimum absolute atomic E-state index is 0.209. The molecule has 4 saturated carbocycles. The second-order valence-corrected chi connectivity index (χ2v) is 5.59. The van der Waals surface area contributed by atoms with Crippen LogP contribution in [0.2, 0.25) is 0 Å². The summed E-state index contributed by atoms with van der Waals surface area (Å²) < 4.78 is 5.96. The number of hydrogen-bond acceptors (Lipinski definition) is 1. The van der Waals surface area contributed by atoms with E-state index in [-0.39, 0.29) is 5.60 Å². The number of terminal acetylenes is 1. The molecule has 0 saturated heterocycles. The van der Waals surface area contributed by atoms with Crippen LogP contribution in [0, 0.1) is 30.1 Å². The van der Waals surface area contributed by atoms with Crippen LogP contribution in [0.1, 0.15) is 38.5 Å². The summed E-state index contributed by atoms with van der Waals surface area (Å²) in [6.07, 6.45) is 13.6. The zero-order chi connectivity index (χ0) is 9.60. The SMILES string of the molecule is C#CCOC12CC3CC(CC(C3)C1)C2. The first-order valence-corrected chi connectivity index (χ1v) is 5.87. The molecule has 0 radical (unpaired) electrons. The van der Waals surface area contributed by atoms with Crippen LogP contribution in [-0.4, -0.2) is 12.2 Å². The Balaban J connectivity index is 1.78. The van der Waals surface area contributed by atoms with Crippen LogP contribution in [0.4, 0.5) is 0 Å². The lowest BCUT2D eigenvalue weighted by Crippen LogP contribution is -2.52. The molecule has 1 nitrogen and oxygen atoms in total. The fraction of sp³-hybridized carbons (Fsp3) is 0.846. The van der Waals surface area contributed by atoms with E-state index in [9.17, 15) is 0 Å². The maximum absolute atomic E-state index is 5.96. The molecule has 0 atom stereocenters. The molecule has 4 rings (SSSR count). The van der Waals surface area contributed by atoms with Gasteiger partial charge in [0.1, 0.15) is 6.61 Å². The summed E-state index contributed by atoms with van der Waals surface area (Å²) in [6, 6.07) is 0. The molecule has 0 spiro atoms. The average molecular weight is 190 g/mol. The van der Waals surface area contributed by atoms with Gasteiger partial charge in [0.25, 0.3) is 0 Å². The summed E-state index contributed by atoms with van der Waals surface area (Å²) in [6.45, 7) is 0.520. The summed E-state index contributed by atoms with van der Waals surface area (Å²) >= 11 is 0. The summed E-state index contributed by atoms with van der Waals surface area (Å²) in [5, 5.41) is 0. The molecule has 0 amide bonds. The van der Waals surface area contributed by atoms with Gasteiger partial charge in [0, 0.05) is 0 Å². The van der Waals surface area contributed by atoms with Crippen molar-refractivity contribution >= 4 is 0 Å². The zero-order valence-corrected chi connectivity index (χ0v) is 8.67. The van der Waals surface area contributed by atoms with Crippen molar-refractivity contribution in [1.29, 1.82) is 0 Å². The third kappa shape index (κ3) is 1.28. The van der Waals surface area contributed by atoms with Gasteiger partial charge in [-0.3, -0.25) is 0 Å². The Hall–Kier alpha value is -0.480. The second kappa shape index (κ2) is 3.00. The Labute approximate surface area is 86.2 Å². The van der Waals surface area contributed by atoms with Gasteiger partial charge in [0.15, 0.2) is 0 Å². The van der Waals surface area contributed by atoms with Gasteiger partial charge in [0.05, 0.1) is 5.60 Å². The monoisotopic (exact) mass is 190 g/mol. The molecule has 0 aliphatic heterocycles. The largest absolute Gasteiger partial charge is 0.362 e. The standard InChI is InChI=1S/C13H18O/c1-2-3-14-13-7-10-4-11(8-13)6-12(5-10)9-13/h1,10-12H,3-9H2. The topological polar surface area (TPSA) is 9.23 Å². The van der Waals surface area contributed by atoms with Gasteiger partial charge < -0.3 is 4.74 Å². The lowest BCUT2D eigenvalue weighted by molar-refractivity contribution is -0.154. The second-order valence-electron chi connectivity index (χ2n) is 5.59. The molecule has 0 aromatic heterocycles. The molecular formula is C13H18O. The zero-order valence-electron chi connectivity index (χ0n) is 8.67. The highest BCUT2D eigenvalue weighted by molar-refractivity contribution is 5.03. The predicted octanol–water partition coefficient (Wildman–Crippen LogP) is 2.61. The number of ether oxygens (including phenoxy) is 1. The molecule has 4 aliphatic rings. The lowest BCUT2D eigenvalue weighted by Gasteiger charge is -2.56. The minimum Gasteiger partial charge on any atom is -0.362 e. The van der Waals surface area contributed by atoms with Crippen molar-refractivity contribution in [2.24, 2.45) is 17.8 Å². The van der Waals surface area contributed by atoms with E-state index in [1.807, 2.05) is 0 Å². The highest BCUT2D eigenvalue weighted by atomic mass is 16.5. The van der Waals surface area contributed by atoms with Gasteiger partial charge in [-0.1, -0.05) is 5.92 Å². The molecule has 0 N–H and O–H groups in total. The molecule has 0 unspecified atom stereocenters. The van der Waals surface area contributed by atoms with Gasteiger partial charge >= 0.3 is 0 Å². The van der Waals surface area contributed by atoms with E-state index in [2.05, 4.69) is 5.92 Å². The van der Waals surface area contributed by atoms with Crippen molar-refractivity contribution in [3.05, 3.63) is 0 Å². The van der Waals surface area contributed by atoms with Gasteiger partial charge in [-0.25, -0.2) is 0 Å². The van der Waals surface area contributed by atoms with Gasteiger partial charge in [-0.2, -0.15) is 0 Å². The summed E-state index contributed by atoms with van der Waals surface area (Å²) in [5.41, 5.74) is 0.209. The van der Waals surface area contributed by atoms with Crippen LogP contribution >= 0.6 is 0 Å². The molecule has 0 aromatic carbocycles. The van der Waals surface area contributed by atoms with Crippen molar-refractivity contribution in [3.8, 4) is 12.3 Å². The van der Waals surface area contributed by atoms with E-state index in [0.717, 1.165) is 17.8 Å². The molecule has 1 heteroatoms. The van der Waals surface area contributed by atoms with Crippen LogP contribution < -0.4 is 0 Å². The Morgan fingerprint density at radius 2 is 1.57 bits per heavy atom. The maximum Gasteiger partial charge on any atom is 0.108 e. The van der Waals surface area contributed by atoms with E-state index in [1.54, 1.807) is 0 Å². The van der Waals surface area contributed by atoms with Crippen molar-refractivity contribution in [2.45, 2.75) is 44.1 Å². The number of hydrogen-bond donors (Lipinski definition) is 0. The molecule has 4 fully saturated rings. The highest BCUT2D eigenvalue weighted by Crippen LogP contribution is 2.56. The first-order valence-electron chi connectivity index (χ1n) is 5.87. The van der Waals surface area contributed by atoms with Crippen molar-refractivity contribution < 1.29 is 4.74 Å². The van der Waals surface area contributed by atoms with Crippen molar-refractivity contribution in [1.82, 2.24) is 0 Å². The third-order valence-corrected chi connectivity index (χ3v) is 4.44. The van der Waals surface area contributed by atoms with Crippen LogP contribution in [0.5, 0.6) is 0 Å². The number of rotatable bonds is 2. The smallest absolute Gasteiger partial charge is 0.108 e. The quantitative estimate of drug-likeness (QED) is 0.608.